The van der Waals surface area contributed by atoms with E-state index in [1.165, 1.54) is 12.1 Å². The zero-order valence-corrected chi connectivity index (χ0v) is 18.9. The minimum atomic E-state index is -4.43. The van der Waals surface area contributed by atoms with Gasteiger partial charge in [0.2, 0.25) is 0 Å². The van der Waals surface area contributed by atoms with E-state index in [1.54, 1.807) is 18.2 Å². The van der Waals surface area contributed by atoms with Gasteiger partial charge in [0.25, 0.3) is 0 Å². The number of halogens is 3. The lowest BCUT2D eigenvalue weighted by Gasteiger charge is -2.18. The summed E-state index contributed by atoms with van der Waals surface area (Å²) < 4.78 is 46.9. The summed E-state index contributed by atoms with van der Waals surface area (Å²) in [6.45, 7) is 4.09. The number of carboxylic acid groups (broad SMARTS) is 1. The number of carboxylic acids is 1. The van der Waals surface area contributed by atoms with Gasteiger partial charge in [-0.1, -0.05) is 49.4 Å². The molecule has 0 aliphatic heterocycles. The van der Waals surface area contributed by atoms with Crippen molar-refractivity contribution in [2.24, 2.45) is 11.8 Å². The van der Waals surface area contributed by atoms with Crippen LogP contribution in [-0.2, 0) is 30.4 Å². The van der Waals surface area contributed by atoms with E-state index in [0.29, 0.717) is 5.56 Å². The molecule has 0 bridgehead atoms. The number of benzene rings is 3. The zero-order chi connectivity index (χ0) is 24.2. The van der Waals surface area contributed by atoms with Gasteiger partial charge < -0.3 is 9.84 Å². The highest BCUT2D eigenvalue weighted by Crippen LogP contribution is 2.62. The molecule has 0 amide bonds. The summed E-state index contributed by atoms with van der Waals surface area (Å²) in [7, 11) is 0. The number of fused-ring (bicyclic) bond motifs is 3. The molecule has 0 spiro atoms. The maximum Gasteiger partial charge on any atom is 0.417 e. The molecule has 1 saturated carbocycles. The van der Waals surface area contributed by atoms with E-state index in [4.69, 9.17) is 4.74 Å². The largest absolute Gasteiger partial charge is 0.489 e. The van der Waals surface area contributed by atoms with Crippen molar-refractivity contribution < 1.29 is 27.8 Å². The SMILES string of the molecule is CCc1cc2c(cc1OCc1cccc(-c3ccccc3C(F)(F)F)c1C)CC1C(C(=O)O)C21. The second kappa shape index (κ2) is 8.19. The quantitative estimate of drug-likeness (QED) is 0.435. The summed E-state index contributed by atoms with van der Waals surface area (Å²) in [6, 6.07) is 15.1. The number of aliphatic carboxylic acids is 1. The number of carbonyl (C=O) groups is 1. The number of hydrogen-bond acceptors (Lipinski definition) is 2. The van der Waals surface area contributed by atoms with Crippen molar-refractivity contribution in [1.82, 2.24) is 0 Å². The molecular formula is C28H25F3O3. The van der Waals surface area contributed by atoms with Gasteiger partial charge in [0, 0.05) is 5.92 Å². The van der Waals surface area contributed by atoms with Crippen LogP contribution >= 0.6 is 0 Å². The minimum absolute atomic E-state index is 0.111. The third kappa shape index (κ3) is 3.75. The molecule has 176 valence electrons. The Kier molecular flexibility index (Phi) is 5.42. The second-order valence-electron chi connectivity index (χ2n) is 9.19. The van der Waals surface area contributed by atoms with Crippen LogP contribution in [0.15, 0.2) is 54.6 Å². The van der Waals surface area contributed by atoms with E-state index in [2.05, 4.69) is 6.07 Å². The molecule has 34 heavy (non-hydrogen) atoms. The molecule has 2 aliphatic rings. The summed E-state index contributed by atoms with van der Waals surface area (Å²) in [5, 5.41) is 9.38. The predicted molar refractivity (Wildman–Crippen MR) is 123 cm³/mol. The zero-order valence-electron chi connectivity index (χ0n) is 18.9. The van der Waals surface area contributed by atoms with Crippen LogP contribution < -0.4 is 4.74 Å². The third-order valence-corrected chi connectivity index (χ3v) is 7.32. The van der Waals surface area contributed by atoms with Crippen molar-refractivity contribution in [1.29, 1.82) is 0 Å². The van der Waals surface area contributed by atoms with Crippen molar-refractivity contribution in [2.75, 3.05) is 0 Å². The van der Waals surface area contributed by atoms with Gasteiger partial charge in [0.15, 0.2) is 0 Å². The smallest absolute Gasteiger partial charge is 0.417 e. The van der Waals surface area contributed by atoms with Gasteiger partial charge in [0.1, 0.15) is 12.4 Å². The molecule has 3 aromatic carbocycles. The average molecular weight is 466 g/mol. The number of alkyl halides is 3. The molecule has 6 heteroatoms. The normalized spacial score (nSPS) is 20.6. The first kappa shape index (κ1) is 22.5. The van der Waals surface area contributed by atoms with Crippen LogP contribution in [0.25, 0.3) is 11.1 Å². The summed E-state index contributed by atoms with van der Waals surface area (Å²) in [4.78, 5) is 11.4. The Bertz CT molecular complexity index is 1280. The van der Waals surface area contributed by atoms with Crippen LogP contribution in [-0.4, -0.2) is 11.1 Å². The lowest BCUT2D eigenvalue weighted by atomic mass is 9.93. The Morgan fingerprint density at radius 3 is 2.50 bits per heavy atom. The van der Waals surface area contributed by atoms with Crippen molar-refractivity contribution in [3.8, 4) is 16.9 Å². The van der Waals surface area contributed by atoms with E-state index in [-0.39, 0.29) is 29.9 Å². The first-order chi connectivity index (χ1) is 16.2. The first-order valence-corrected chi connectivity index (χ1v) is 11.5. The van der Waals surface area contributed by atoms with E-state index >= 15 is 0 Å². The minimum Gasteiger partial charge on any atom is -0.489 e. The molecule has 0 saturated heterocycles. The third-order valence-electron chi connectivity index (χ3n) is 7.32. The first-order valence-electron chi connectivity index (χ1n) is 11.5. The van der Waals surface area contributed by atoms with Crippen LogP contribution in [0.2, 0.25) is 0 Å². The molecule has 1 N–H and O–H groups in total. The summed E-state index contributed by atoms with van der Waals surface area (Å²) in [5.74, 6) is 0.0601. The van der Waals surface area contributed by atoms with Gasteiger partial charge in [-0.3, -0.25) is 4.79 Å². The van der Waals surface area contributed by atoms with Crippen molar-refractivity contribution >= 4 is 5.97 Å². The molecule has 3 aromatic rings. The number of hydrogen-bond donors (Lipinski definition) is 1. The number of aryl methyl sites for hydroxylation is 1. The molecule has 1 fully saturated rings. The van der Waals surface area contributed by atoms with Crippen LogP contribution in [0, 0.1) is 18.8 Å². The summed E-state index contributed by atoms with van der Waals surface area (Å²) >= 11 is 0. The van der Waals surface area contributed by atoms with Gasteiger partial charge in [-0.05, 0) is 76.8 Å². The average Bonchev–Trinajstić information content (AvgIpc) is 3.41. The summed E-state index contributed by atoms with van der Waals surface area (Å²) in [5.41, 5.74) is 4.92. The number of ether oxygens (including phenoxy) is 1. The molecule has 0 radical (unpaired) electrons. The Labute approximate surface area is 196 Å². The van der Waals surface area contributed by atoms with Gasteiger partial charge in [-0.2, -0.15) is 13.2 Å². The van der Waals surface area contributed by atoms with E-state index in [9.17, 15) is 23.1 Å². The maximum atomic E-state index is 13.6. The fourth-order valence-corrected chi connectivity index (χ4v) is 5.48. The lowest BCUT2D eigenvalue weighted by Crippen LogP contribution is -2.08. The van der Waals surface area contributed by atoms with Gasteiger partial charge in [-0.15, -0.1) is 0 Å². The van der Waals surface area contributed by atoms with E-state index in [1.807, 2.05) is 26.0 Å². The highest BCUT2D eigenvalue weighted by molar-refractivity contribution is 5.78. The molecule has 3 nitrogen and oxygen atoms in total. The Morgan fingerprint density at radius 2 is 1.79 bits per heavy atom. The Morgan fingerprint density at radius 1 is 1.06 bits per heavy atom. The molecular weight excluding hydrogens is 441 g/mol. The maximum absolute atomic E-state index is 13.6. The van der Waals surface area contributed by atoms with Crippen LogP contribution in [0.4, 0.5) is 13.2 Å². The van der Waals surface area contributed by atoms with E-state index in [0.717, 1.165) is 52.5 Å². The Balaban J connectivity index is 1.41. The fraction of sp³-hybridized carbons (Fsp3) is 0.321. The van der Waals surface area contributed by atoms with Gasteiger partial charge in [-0.25, -0.2) is 0 Å². The molecule has 2 aliphatic carbocycles. The highest BCUT2D eigenvalue weighted by atomic mass is 19.4. The van der Waals surface area contributed by atoms with Gasteiger partial charge >= 0.3 is 12.1 Å². The van der Waals surface area contributed by atoms with Crippen molar-refractivity contribution in [3.05, 3.63) is 88.0 Å². The molecule has 5 rings (SSSR count). The highest BCUT2D eigenvalue weighted by Gasteiger charge is 2.59. The lowest BCUT2D eigenvalue weighted by molar-refractivity contribution is -0.139. The van der Waals surface area contributed by atoms with Crippen LogP contribution in [0.1, 0.15) is 46.2 Å². The standard InChI is InChI=1S/C28H25F3O3/c1-3-16-11-21-18(12-22-25(21)26(22)27(32)33)13-24(16)34-14-17-7-6-9-19(15(17)2)20-8-4-5-10-23(20)28(29,30)31/h4-11,13,22,25-26H,3,12,14H2,1-2H3,(H,32,33). The Hall–Kier alpha value is -3.28. The molecule has 3 atom stereocenters. The van der Waals surface area contributed by atoms with Crippen LogP contribution in [0.3, 0.4) is 0 Å². The monoisotopic (exact) mass is 466 g/mol. The second-order valence-corrected chi connectivity index (χ2v) is 9.19. The van der Waals surface area contributed by atoms with E-state index < -0.39 is 17.7 Å². The topological polar surface area (TPSA) is 46.5 Å². The molecule has 0 heterocycles. The molecule has 0 aromatic heterocycles. The predicted octanol–water partition coefficient (Wildman–Crippen LogP) is 6.79. The van der Waals surface area contributed by atoms with Crippen molar-refractivity contribution in [2.45, 2.75) is 45.4 Å². The number of rotatable bonds is 6. The fourth-order valence-electron chi connectivity index (χ4n) is 5.48. The van der Waals surface area contributed by atoms with Crippen LogP contribution in [0.5, 0.6) is 5.75 Å². The summed E-state index contributed by atoms with van der Waals surface area (Å²) in [6.07, 6.45) is -2.94. The van der Waals surface area contributed by atoms with Crippen molar-refractivity contribution in [3.63, 3.8) is 0 Å². The van der Waals surface area contributed by atoms with Gasteiger partial charge in [0.05, 0.1) is 11.5 Å². The molecule has 3 unspecified atom stereocenters.